The van der Waals surface area contributed by atoms with Crippen LogP contribution >= 0.6 is 0 Å². The van der Waals surface area contributed by atoms with Crippen molar-refractivity contribution in [3.8, 4) is 0 Å². The van der Waals surface area contributed by atoms with Crippen LogP contribution in [0.4, 0.5) is 18.0 Å². The van der Waals surface area contributed by atoms with Crippen LogP contribution in [0.3, 0.4) is 0 Å². The van der Waals surface area contributed by atoms with Crippen molar-refractivity contribution in [2.75, 3.05) is 6.61 Å². The summed E-state index contributed by atoms with van der Waals surface area (Å²) in [4.78, 5) is 22.9. The second-order valence-electron chi connectivity index (χ2n) is 6.11. The topological polar surface area (TPSA) is 64.6 Å². The lowest BCUT2D eigenvalue weighted by molar-refractivity contribution is -0.186. The van der Waals surface area contributed by atoms with E-state index in [4.69, 9.17) is 4.74 Å². The number of allylic oxidation sites excluding steroid dienone is 1. The first-order valence-corrected chi connectivity index (χ1v) is 6.85. The van der Waals surface area contributed by atoms with E-state index < -0.39 is 30.4 Å². The Hall–Kier alpha value is -1.73. The highest BCUT2D eigenvalue weighted by atomic mass is 19.4. The molecule has 126 valence electrons. The fraction of sp³-hybridized carbons (Fsp3) is 0.714. The van der Waals surface area contributed by atoms with E-state index in [2.05, 4.69) is 10.1 Å². The Morgan fingerprint density at radius 1 is 1.23 bits per heavy atom. The molecule has 0 aliphatic heterocycles. The number of carbonyl (C=O) groups excluding carboxylic acids is 2. The van der Waals surface area contributed by atoms with Gasteiger partial charge < -0.3 is 14.8 Å². The summed E-state index contributed by atoms with van der Waals surface area (Å²) in [7, 11) is 0. The van der Waals surface area contributed by atoms with Crippen LogP contribution in [-0.4, -0.2) is 36.5 Å². The van der Waals surface area contributed by atoms with Gasteiger partial charge in [-0.05, 0) is 33.1 Å². The molecule has 1 amide bonds. The monoisotopic (exact) mass is 323 g/mol. The molecule has 0 radical (unpaired) electrons. The van der Waals surface area contributed by atoms with Crippen molar-refractivity contribution in [3.05, 3.63) is 12.2 Å². The van der Waals surface area contributed by atoms with E-state index in [1.165, 1.54) is 0 Å². The van der Waals surface area contributed by atoms with Crippen LogP contribution < -0.4 is 5.32 Å². The summed E-state index contributed by atoms with van der Waals surface area (Å²) in [6.07, 6.45) is -1.48. The maximum Gasteiger partial charge on any atom is 0.422 e. The Bertz CT molecular complexity index is 440. The molecule has 0 spiro atoms. The van der Waals surface area contributed by atoms with E-state index in [9.17, 15) is 22.8 Å². The number of esters is 1. The third-order valence-corrected chi connectivity index (χ3v) is 2.70. The molecule has 1 N–H and O–H groups in total. The van der Waals surface area contributed by atoms with Gasteiger partial charge in [0.1, 0.15) is 5.60 Å². The minimum atomic E-state index is -4.53. The second-order valence-corrected chi connectivity index (χ2v) is 6.11. The molecule has 0 aromatic heterocycles. The highest BCUT2D eigenvalue weighted by molar-refractivity contribution is 5.70. The highest BCUT2D eigenvalue weighted by Gasteiger charge is 2.31. The molecule has 0 saturated heterocycles. The Kier molecular flexibility index (Phi) is 5.85. The summed E-state index contributed by atoms with van der Waals surface area (Å²) in [6, 6.07) is -0.310. The van der Waals surface area contributed by atoms with Crippen molar-refractivity contribution >= 4 is 12.1 Å². The predicted molar refractivity (Wildman–Crippen MR) is 72.0 cm³/mol. The van der Waals surface area contributed by atoms with Gasteiger partial charge in [0.05, 0.1) is 12.5 Å². The lowest BCUT2D eigenvalue weighted by atomic mass is 10.0. The Labute approximate surface area is 126 Å². The van der Waals surface area contributed by atoms with E-state index in [0.717, 1.165) is 0 Å². The van der Waals surface area contributed by atoms with Crippen LogP contribution in [0, 0.1) is 5.92 Å². The van der Waals surface area contributed by atoms with E-state index in [-0.39, 0.29) is 18.4 Å². The number of hydrogen-bond donors (Lipinski definition) is 1. The van der Waals surface area contributed by atoms with Crippen LogP contribution in [-0.2, 0) is 14.3 Å². The molecular formula is C14H20F3NO4. The number of hydrogen-bond acceptors (Lipinski definition) is 4. The fourth-order valence-corrected chi connectivity index (χ4v) is 1.93. The van der Waals surface area contributed by atoms with E-state index in [1.54, 1.807) is 32.9 Å². The van der Waals surface area contributed by atoms with Gasteiger partial charge in [0.2, 0.25) is 0 Å². The summed E-state index contributed by atoms with van der Waals surface area (Å²) >= 11 is 0. The number of alkyl halides is 3. The molecule has 0 bridgehead atoms. The summed E-state index contributed by atoms with van der Waals surface area (Å²) < 4.78 is 45.0. The third kappa shape index (κ3) is 7.90. The fourth-order valence-electron chi connectivity index (χ4n) is 1.93. The van der Waals surface area contributed by atoms with Crippen LogP contribution in [0.25, 0.3) is 0 Å². The first-order chi connectivity index (χ1) is 9.94. The van der Waals surface area contributed by atoms with E-state index >= 15 is 0 Å². The van der Waals surface area contributed by atoms with Crippen LogP contribution in [0.15, 0.2) is 12.2 Å². The van der Waals surface area contributed by atoms with Gasteiger partial charge >= 0.3 is 18.2 Å². The van der Waals surface area contributed by atoms with Crippen LogP contribution in [0.1, 0.15) is 33.6 Å². The van der Waals surface area contributed by atoms with Gasteiger partial charge in [0.15, 0.2) is 6.61 Å². The van der Waals surface area contributed by atoms with Crippen molar-refractivity contribution in [1.29, 1.82) is 0 Å². The molecule has 0 heterocycles. The van der Waals surface area contributed by atoms with Crippen molar-refractivity contribution < 1.29 is 32.2 Å². The van der Waals surface area contributed by atoms with Crippen LogP contribution in [0.5, 0.6) is 0 Å². The number of amides is 1. The maximum atomic E-state index is 11.9. The predicted octanol–water partition coefficient (Wildman–Crippen LogP) is 2.95. The minimum Gasteiger partial charge on any atom is -0.456 e. The molecule has 0 aromatic carbocycles. The van der Waals surface area contributed by atoms with Gasteiger partial charge in [-0.1, -0.05) is 12.2 Å². The summed E-state index contributed by atoms with van der Waals surface area (Å²) in [5.41, 5.74) is -0.618. The Balaban J connectivity index is 2.30. The molecule has 22 heavy (non-hydrogen) atoms. The Morgan fingerprint density at radius 3 is 2.41 bits per heavy atom. The zero-order valence-electron chi connectivity index (χ0n) is 12.7. The molecule has 0 fully saturated rings. The molecule has 1 aliphatic carbocycles. The average molecular weight is 323 g/mol. The van der Waals surface area contributed by atoms with Crippen molar-refractivity contribution in [3.63, 3.8) is 0 Å². The van der Waals surface area contributed by atoms with Gasteiger partial charge in [-0.15, -0.1) is 0 Å². The molecule has 0 aromatic rings. The maximum absolute atomic E-state index is 11.9. The first kappa shape index (κ1) is 18.3. The number of carbonyl (C=O) groups is 2. The molecule has 1 aliphatic rings. The largest absolute Gasteiger partial charge is 0.456 e. The van der Waals surface area contributed by atoms with Gasteiger partial charge in [0, 0.05) is 0 Å². The van der Waals surface area contributed by atoms with Crippen molar-refractivity contribution in [2.24, 2.45) is 5.92 Å². The van der Waals surface area contributed by atoms with Crippen molar-refractivity contribution in [2.45, 2.75) is 51.4 Å². The summed E-state index contributed by atoms with van der Waals surface area (Å²) in [6.45, 7) is 3.62. The van der Waals surface area contributed by atoms with Gasteiger partial charge in [-0.25, -0.2) is 4.79 Å². The molecule has 0 saturated carbocycles. The smallest absolute Gasteiger partial charge is 0.422 e. The van der Waals surface area contributed by atoms with Crippen LogP contribution in [0.2, 0.25) is 0 Å². The molecule has 0 unspecified atom stereocenters. The van der Waals surface area contributed by atoms with Gasteiger partial charge in [-0.3, -0.25) is 4.79 Å². The molecule has 8 heteroatoms. The summed E-state index contributed by atoms with van der Waals surface area (Å²) in [5.74, 6) is -1.18. The van der Waals surface area contributed by atoms with E-state index in [0.29, 0.717) is 6.42 Å². The van der Waals surface area contributed by atoms with Crippen molar-refractivity contribution in [1.82, 2.24) is 5.32 Å². The number of halogens is 3. The molecule has 5 nitrogen and oxygen atoms in total. The SMILES string of the molecule is CC(C)(C)OC(=O)N[C@H]1C=C[C@@H](CC(=O)OCC(F)(F)F)C1. The standard InChI is InChI=1S/C14H20F3NO4/c1-13(2,3)22-12(20)18-10-5-4-9(6-10)7-11(19)21-8-14(15,16)17/h4-5,9-10H,6-8H2,1-3H3,(H,18,20)/t9-,10+/m1/s1. The van der Waals surface area contributed by atoms with Gasteiger partial charge in [-0.2, -0.15) is 13.2 Å². The van der Waals surface area contributed by atoms with Gasteiger partial charge in [0.25, 0.3) is 0 Å². The molecular weight excluding hydrogens is 303 g/mol. The lowest BCUT2D eigenvalue weighted by Crippen LogP contribution is -2.37. The molecule has 1 rings (SSSR count). The summed E-state index contributed by atoms with van der Waals surface area (Å²) in [5, 5.41) is 2.61. The number of ether oxygens (including phenoxy) is 2. The number of alkyl carbamates (subject to hydrolysis) is 1. The molecule has 2 atom stereocenters. The zero-order chi connectivity index (χ0) is 17.0. The second kappa shape index (κ2) is 7.02. The zero-order valence-corrected chi connectivity index (χ0v) is 12.7. The number of nitrogens with one attached hydrogen (secondary N) is 1. The lowest BCUT2D eigenvalue weighted by Gasteiger charge is -2.21. The number of rotatable bonds is 4. The highest BCUT2D eigenvalue weighted by Crippen LogP contribution is 2.23. The average Bonchev–Trinajstić information content (AvgIpc) is 2.70. The third-order valence-electron chi connectivity index (χ3n) is 2.70. The first-order valence-electron chi connectivity index (χ1n) is 6.85. The quantitative estimate of drug-likeness (QED) is 0.638. The Morgan fingerprint density at radius 2 is 1.86 bits per heavy atom. The minimum absolute atomic E-state index is 0.154. The van der Waals surface area contributed by atoms with E-state index in [1.807, 2.05) is 0 Å². The normalized spacial score (nSPS) is 21.5.